The van der Waals surface area contributed by atoms with Crippen LogP contribution in [0.4, 0.5) is 0 Å². The number of hydrogen-bond acceptors (Lipinski definition) is 2. The van der Waals surface area contributed by atoms with E-state index in [2.05, 4.69) is 59.1 Å². The lowest BCUT2D eigenvalue weighted by atomic mass is 10.0. The van der Waals surface area contributed by atoms with Crippen molar-refractivity contribution in [2.45, 2.75) is 111 Å². The molecule has 0 amide bonds. The third kappa shape index (κ3) is 14.3. The predicted molar refractivity (Wildman–Crippen MR) is 92.4 cm³/mol. The van der Waals surface area contributed by atoms with Gasteiger partial charge in [-0.2, -0.15) is 0 Å². The van der Waals surface area contributed by atoms with Crippen molar-refractivity contribution in [3.8, 4) is 0 Å². The number of hydrogen-bond donors (Lipinski definition) is 2. The van der Waals surface area contributed by atoms with E-state index in [-0.39, 0.29) is 11.1 Å². The zero-order chi connectivity index (χ0) is 15.6. The third-order valence-corrected chi connectivity index (χ3v) is 3.42. The Balaban J connectivity index is 3.99. The smallest absolute Gasteiger partial charge is 0.0197 e. The predicted octanol–water partition coefficient (Wildman–Crippen LogP) is 4.88. The first-order chi connectivity index (χ1) is 9.14. The molecule has 0 rings (SSSR count). The van der Waals surface area contributed by atoms with E-state index in [1.165, 1.54) is 44.9 Å². The van der Waals surface area contributed by atoms with E-state index in [0.29, 0.717) is 6.04 Å². The van der Waals surface area contributed by atoms with Crippen LogP contribution in [0.15, 0.2) is 0 Å². The highest BCUT2D eigenvalue weighted by molar-refractivity contribution is 4.82. The standard InChI is InChI=1S/C18H40N2/c1-8-9-10-11-12-13-14-16(20-18(5,6)7)15-19-17(2,3)4/h16,19-20H,8-15H2,1-7H3/t16-/m0/s1. The van der Waals surface area contributed by atoms with Crippen molar-refractivity contribution in [3.05, 3.63) is 0 Å². The fraction of sp³-hybridized carbons (Fsp3) is 1.00. The van der Waals surface area contributed by atoms with E-state index in [4.69, 9.17) is 0 Å². The summed E-state index contributed by atoms with van der Waals surface area (Å²) in [6, 6.07) is 0.584. The van der Waals surface area contributed by atoms with Crippen molar-refractivity contribution in [2.24, 2.45) is 0 Å². The monoisotopic (exact) mass is 284 g/mol. The number of nitrogens with one attached hydrogen (secondary N) is 2. The second-order valence-electron chi connectivity index (χ2n) is 8.28. The van der Waals surface area contributed by atoms with Crippen molar-refractivity contribution in [2.75, 3.05) is 6.54 Å². The van der Waals surface area contributed by atoms with Crippen LogP contribution in [-0.2, 0) is 0 Å². The summed E-state index contributed by atoms with van der Waals surface area (Å²) < 4.78 is 0. The van der Waals surface area contributed by atoms with Crippen molar-refractivity contribution >= 4 is 0 Å². The Bertz CT molecular complexity index is 223. The molecule has 0 fully saturated rings. The van der Waals surface area contributed by atoms with Gasteiger partial charge >= 0.3 is 0 Å². The molecule has 20 heavy (non-hydrogen) atoms. The Labute approximate surface area is 128 Å². The highest BCUT2D eigenvalue weighted by atomic mass is 15.0. The molecule has 0 spiro atoms. The summed E-state index contributed by atoms with van der Waals surface area (Å²) in [4.78, 5) is 0. The molecule has 0 aromatic rings. The van der Waals surface area contributed by atoms with Crippen LogP contribution in [0, 0.1) is 0 Å². The molecular weight excluding hydrogens is 244 g/mol. The van der Waals surface area contributed by atoms with Crippen molar-refractivity contribution < 1.29 is 0 Å². The molecule has 2 N–H and O–H groups in total. The summed E-state index contributed by atoms with van der Waals surface area (Å²) in [7, 11) is 0. The Hall–Kier alpha value is -0.0800. The van der Waals surface area contributed by atoms with Crippen LogP contribution >= 0.6 is 0 Å². The van der Waals surface area contributed by atoms with Gasteiger partial charge in [-0.25, -0.2) is 0 Å². The molecule has 1 atom stereocenters. The van der Waals surface area contributed by atoms with Gasteiger partial charge < -0.3 is 10.6 Å². The second kappa shape index (κ2) is 9.78. The van der Waals surface area contributed by atoms with Gasteiger partial charge in [-0.15, -0.1) is 0 Å². The van der Waals surface area contributed by atoms with Gasteiger partial charge in [0, 0.05) is 23.7 Å². The Morgan fingerprint density at radius 2 is 1.30 bits per heavy atom. The molecule has 0 radical (unpaired) electrons. The van der Waals surface area contributed by atoms with Crippen molar-refractivity contribution in [1.29, 1.82) is 0 Å². The minimum absolute atomic E-state index is 0.201. The molecule has 2 heteroatoms. The molecule has 0 aliphatic rings. The van der Waals surface area contributed by atoms with Gasteiger partial charge in [-0.05, 0) is 48.0 Å². The van der Waals surface area contributed by atoms with E-state index < -0.39 is 0 Å². The van der Waals surface area contributed by atoms with Gasteiger partial charge in [0.1, 0.15) is 0 Å². The van der Waals surface area contributed by atoms with E-state index in [0.717, 1.165) is 6.54 Å². The number of rotatable bonds is 10. The molecule has 0 aromatic heterocycles. The first-order valence-corrected chi connectivity index (χ1v) is 8.67. The normalized spacial score (nSPS) is 14.6. The van der Waals surface area contributed by atoms with Crippen LogP contribution in [0.3, 0.4) is 0 Å². The maximum Gasteiger partial charge on any atom is 0.0197 e. The Morgan fingerprint density at radius 1 is 0.750 bits per heavy atom. The molecule has 0 heterocycles. The van der Waals surface area contributed by atoms with Crippen LogP contribution in [-0.4, -0.2) is 23.7 Å². The summed E-state index contributed by atoms with van der Waals surface area (Å²) in [6.45, 7) is 16.9. The minimum atomic E-state index is 0.201. The van der Waals surface area contributed by atoms with Gasteiger partial charge in [-0.1, -0.05) is 45.4 Å². The molecule has 0 saturated heterocycles. The minimum Gasteiger partial charge on any atom is -0.311 e. The summed E-state index contributed by atoms with van der Waals surface area (Å²) >= 11 is 0. The largest absolute Gasteiger partial charge is 0.311 e. The molecular formula is C18H40N2. The summed E-state index contributed by atoms with van der Waals surface area (Å²) in [6.07, 6.45) is 9.57. The molecule has 122 valence electrons. The second-order valence-corrected chi connectivity index (χ2v) is 8.28. The summed E-state index contributed by atoms with van der Waals surface area (Å²) in [5.74, 6) is 0. The summed E-state index contributed by atoms with van der Waals surface area (Å²) in [5.41, 5.74) is 0.408. The zero-order valence-corrected chi connectivity index (χ0v) is 15.2. The first kappa shape index (κ1) is 19.9. The van der Waals surface area contributed by atoms with Gasteiger partial charge in [0.05, 0.1) is 0 Å². The van der Waals surface area contributed by atoms with Crippen LogP contribution in [0.5, 0.6) is 0 Å². The fourth-order valence-corrected chi connectivity index (χ4v) is 2.44. The topological polar surface area (TPSA) is 24.1 Å². The molecule has 0 aliphatic heterocycles. The van der Waals surface area contributed by atoms with Crippen LogP contribution in [0.1, 0.15) is 93.4 Å². The van der Waals surface area contributed by atoms with E-state index in [1.807, 2.05) is 0 Å². The van der Waals surface area contributed by atoms with Crippen LogP contribution in [0.25, 0.3) is 0 Å². The lowest BCUT2D eigenvalue weighted by molar-refractivity contribution is 0.302. The maximum absolute atomic E-state index is 3.77. The quantitative estimate of drug-likeness (QED) is 0.559. The molecule has 0 aromatic carbocycles. The van der Waals surface area contributed by atoms with Gasteiger partial charge in [0.15, 0.2) is 0 Å². The Kier molecular flexibility index (Phi) is 9.74. The maximum atomic E-state index is 3.77. The average Bonchev–Trinajstić information content (AvgIpc) is 2.27. The summed E-state index contributed by atoms with van der Waals surface area (Å²) in [5, 5.41) is 7.41. The Morgan fingerprint density at radius 3 is 1.80 bits per heavy atom. The third-order valence-electron chi connectivity index (χ3n) is 3.42. The average molecular weight is 285 g/mol. The highest BCUT2D eigenvalue weighted by Crippen LogP contribution is 2.11. The zero-order valence-electron chi connectivity index (χ0n) is 15.2. The van der Waals surface area contributed by atoms with Gasteiger partial charge in [0.25, 0.3) is 0 Å². The van der Waals surface area contributed by atoms with E-state index in [1.54, 1.807) is 0 Å². The molecule has 0 aliphatic carbocycles. The van der Waals surface area contributed by atoms with Crippen LogP contribution in [0.2, 0.25) is 0 Å². The van der Waals surface area contributed by atoms with Crippen molar-refractivity contribution in [1.82, 2.24) is 10.6 Å². The highest BCUT2D eigenvalue weighted by Gasteiger charge is 2.19. The van der Waals surface area contributed by atoms with Crippen LogP contribution < -0.4 is 10.6 Å². The lowest BCUT2D eigenvalue weighted by Gasteiger charge is -2.31. The van der Waals surface area contributed by atoms with E-state index in [9.17, 15) is 0 Å². The first-order valence-electron chi connectivity index (χ1n) is 8.67. The number of unbranched alkanes of at least 4 members (excludes halogenated alkanes) is 5. The molecule has 0 unspecified atom stereocenters. The molecule has 2 nitrogen and oxygen atoms in total. The SMILES string of the molecule is CCCCCCCC[C@@H](CNC(C)(C)C)NC(C)(C)C. The molecule has 0 bridgehead atoms. The lowest BCUT2D eigenvalue weighted by Crippen LogP contribution is -2.51. The van der Waals surface area contributed by atoms with Crippen molar-refractivity contribution in [3.63, 3.8) is 0 Å². The van der Waals surface area contributed by atoms with Gasteiger partial charge in [0.2, 0.25) is 0 Å². The van der Waals surface area contributed by atoms with E-state index >= 15 is 0 Å². The van der Waals surface area contributed by atoms with Gasteiger partial charge in [-0.3, -0.25) is 0 Å². The fourth-order valence-electron chi connectivity index (χ4n) is 2.44. The molecule has 0 saturated carbocycles.